The van der Waals surface area contributed by atoms with Crippen LogP contribution in [0.15, 0.2) is 34.9 Å². The van der Waals surface area contributed by atoms with E-state index in [1.54, 1.807) is 0 Å². The molecule has 0 spiro atoms. The van der Waals surface area contributed by atoms with E-state index in [9.17, 15) is 18.3 Å². The average Bonchev–Trinajstić information content (AvgIpc) is 2.59. The molecule has 1 aliphatic heterocycles. The summed E-state index contributed by atoms with van der Waals surface area (Å²) >= 11 is 0. The average molecular weight is 254 g/mol. The van der Waals surface area contributed by atoms with Crippen LogP contribution in [0.25, 0.3) is 5.57 Å². The third-order valence-electron chi connectivity index (χ3n) is 2.46. The molecule has 0 atom stereocenters. The number of sulfone groups is 1. The van der Waals surface area contributed by atoms with Gasteiger partial charge in [-0.1, -0.05) is 12.1 Å². The highest BCUT2D eigenvalue weighted by molar-refractivity contribution is 7.90. The lowest BCUT2D eigenvalue weighted by Crippen LogP contribution is -1.97. The summed E-state index contributed by atoms with van der Waals surface area (Å²) in [5.41, 5.74) is 0.941. The molecule has 0 aliphatic carbocycles. The summed E-state index contributed by atoms with van der Waals surface area (Å²) in [5.74, 6) is -1.18. The first-order chi connectivity index (χ1) is 7.89. The standard InChI is InChI=1S/C11H10O5S/c1-17(14,15)8-4-2-7(3-5-8)9-6-16-11(13)10(9)12/h2-5,12H,6H2,1H3. The molecule has 6 heteroatoms. The smallest absolute Gasteiger partial charge is 0.374 e. The van der Waals surface area contributed by atoms with E-state index >= 15 is 0 Å². The van der Waals surface area contributed by atoms with E-state index in [1.165, 1.54) is 24.3 Å². The van der Waals surface area contributed by atoms with Crippen molar-refractivity contribution in [2.75, 3.05) is 12.9 Å². The highest BCUT2D eigenvalue weighted by Crippen LogP contribution is 2.25. The lowest BCUT2D eigenvalue weighted by atomic mass is 10.1. The Labute approximate surface area is 98.3 Å². The lowest BCUT2D eigenvalue weighted by molar-refractivity contribution is -0.138. The van der Waals surface area contributed by atoms with Gasteiger partial charge in [0.1, 0.15) is 6.61 Å². The summed E-state index contributed by atoms with van der Waals surface area (Å²) in [4.78, 5) is 11.1. The summed E-state index contributed by atoms with van der Waals surface area (Å²) in [6.45, 7) is 0.00287. The fraction of sp³-hybridized carbons (Fsp3) is 0.182. The Bertz CT molecular complexity index is 595. The topological polar surface area (TPSA) is 80.7 Å². The van der Waals surface area contributed by atoms with Gasteiger partial charge in [-0.2, -0.15) is 0 Å². The Hall–Kier alpha value is -1.82. The third-order valence-corrected chi connectivity index (χ3v) is 3.59. The molecule has 0 bridgehead atoms. The number of hydrogen-bond acceptors (Lipinski definition) is 5. The first kappa shape index (κ1) is 11.7. The van der Waals surface area contributed by atoms with Gasteiger partial charge in [0.25, 0.3) is 0 Å². The number of aliphatic hydroxyl groups is 1. The summed E-state index contributed by atoms with van der Waals surface area (Å²) in [7, 11) is -3.24. The van der Waals surface area contributed by atoms with Crippen molar-refractivity contribution in [1.82, 2.24) is 0 Å². The number of hydrogen-bond donors (Lipinski definition) is 1. The van der Waals surface area contributed by atoms with Gasteiger partial charge in [0.15, 0.2) is 9.84 Å². The molecule has 0 fully saturated rings. The maximum atomic E-state index is 11.2. The predicted molar refractivity (Wildman–Crippen MR) is 60.1 cm³/mol. The molecule has 1 heterocycles. The number of carbonyl (C=O) groups excluding carboxylic acids is 1. The van der Waals surface area contributed by atoms with Gasteiger partial charge in [-0.15, -0.1) is 0 Å². The van der Waals surface area contributed by atoms with Crippen LogP contribution in [-0.4, -0.2) is 32.4 Å². The van der Waals surface area contributed by atoms with Gasteiger partial charge in [0, 0.05) is 11.8 Å². The van der Waals surface area contributed by atoms with E-state index < -0.39 is 21.6 Å². The van der Waals surface area contributed by atoms with E-state index in [1.807, 2.05) is 0 Å². The summed E-state index contributed by atoms with van der Waals surface area (Å²) < 4.78 is 27.1. The number of carbonyl (C=O) groups is 1. The van der Waals surface area contributed by atoms with Crippen LogP contribution in [0, 0.1) is 0 Å². The Kier molecular flexibility index (Phi) is 2.66. The van der Waals surface area contributed by atoms with Crippen LogP contribution in [-0.2, 0) is 19.4 Å². The normalized spacial score (nSPS) is 16.2. The SMILES string of the molecule is CS(=O)(=O)c1ccc(C2=C(O)C(=O)OC2)cc1. The number of benzene rings is 1. The first-order valence-corrected chi connectivity index (χ1v) is 6.68. The van der Waals surface area contributed by atoms with Gasteiger partial charge in [-0.05, 0) is 17.7 Å². The Balaban J connectivity index is 2.41. The molecule has 0 saturated carbocycles. The maximum absolute atomic E-state index is 11.2. The quantitative estimate of drug-likeness (QED) is 0.793. The van der Waals surface area contributed by atoms with Crippen LogP contribution in [0.5, 0.6) is 0 Å². The predicted octanol–water partition coefficient (Wildman–Crippen LogP) is 0.916. The van der Waals surface area contributed by atoms with E-state index in [0.29, 0.717) is 11.1 Å². The molecule has 5 nitrogen and oxygen atoms in total. The lowest BCUT2D eigenvalue weighted by Gasteiger charge is -2.02. The first-order valence-electron chi connectivity index (χ1n) is 4.79. The third kappa shape index (κ3) is 2.16. The molecule has 1 aromatic carbocycles. The highest BCUT2D eigenvalue weighted by atomic mass is 32.2. The van der Waals surface area contributed by atoms with Gasteiger partial charge in [0.05, 0.1) is 4.90 Å². The van der Waals surface area contributed by atoms with Crippen LogP contribution in [0.3, 0.4) is 0 Å². The molecular weight excluding hydrogens is 244 g/mol. The number of esters is 1. The molecule has 17 heavy (non-hydrogen) atoms. The number of aliphatic hydroxyl groups excluding tert-OH is 1. The van der Waals surface area contributed by atoms with Crippen LogP contribution >= 0.6 is 0 Å². The molecule has 1 aliphatic rings. The van der Waals surface area contributed by atoms with Gasteiger partial charge in [-0.25, -0.2) is 13.2 Å². The van der Waals surface area contributed by atoms with Crippen molar-refractivity contribution in [1.29, 1.82) is 0 Å². The zero-order valence-corrected chi connectivity index (χ0v) is 9.82. The van der Waals surface area contributed by atoms with Crippen molar-refractivity contribution in [3.8, 4) is 0 Å². The second-order valence-electron chi connectivity index (χ2n) is 3.70. The molecular formula is C11H10O5S. The molecule has 0 unspecified atom stereocenters. The van der Waals surface area contributed by atoms with Gasteiger partial charge >= 0.3 is 5.97 Å². The van der Waals surface area contributed by atoms with Crippen molar-refractivity contribution in [2.24, 2.45) is 0 Å². The Morgan fingerprint density at radius 3 is 2.24 bits per heavy atom. The van der Waals surface area contributed by atoms with E-state index in [0.717, 1.165) is 6.26 Å². The molecule has 0 saturated heterocycles. The van der Waals surface area contributed by atoms with E-state index in [2.05, 4.69) is 4.74 Å². The minimum absolute atomic E-state index is 0.00287. The minimum Gasteiger partial charge on any atom is -0.502 e. The monoisotopic (exact) mass is 254 g/mol. The molecule has 0 aromatic heterocycles. The highest BCUT2D eigenvalue weighted by Gasteiger charge is 2.25. The fourth-order valence-electron chi connectivity index (χ4n) is 1.52. The fourth-order valence-corrected chi connectivity index (χ4v) is 2.15. The molecule has 2 rings (SSSR count). The number of ether oxygens (including phenoxy) is 1. The molecule has 0 amide bonds. The summed E-state index contributed by atoms with van der Waals surface area (Å²) in [6, 6.07) is 5.91. The molecule has 1 aromatic rings. The molecule has 1 N–H and O–H groups in total. The minimum atomic E-state index is -3.24. The zero-order valence-electron chi connectivity index (χ0n) is 9.00. The van der Waals surface area contributed by atoms with Crippen LogP contribution < -0.4 is 0 Å². The maximum Gasteiger partial charge on any atom is 0.374 e. The van der Waals surface area contributed by atoms with E-state index in [-0.39, 0.29) is 11.5 Å². The van der Waals surface area contributed by atoms with Crippen molar-refractivity contribution in [3.05, 3.63) is 35.6 Å². The Morgan fingerprint density at radius 1 is 1.24 bits per heavy atom. The van der Waals surface area contributed by atoms with Gasteiger partial charge in [0.2, 0.25) is 5.76 Å². The van der Waals surface area contributed by atoms with Crippen LogP contribution in [0.1, 0.15) is 5.56 Å². The van der Waals surface area contributed by atoms with Gasteiger partial charge < -0.3 is 9.84 Å². The van der Waals surface area contributed by atoms with E-state index in [4.69, 9.17) is 0 Å². The zero-order chi connectivity index (χ0) is 12.6. The van der Waals surface area contributed by atoms with Gasteiger partial charge in [-0.3, -0.25) is 0 Å². The molecule has 0 radical (unpaired) electrons. The number of cyclic esters (lactones) is 1. The summed E-state index contributed by atoms with van der Waals surface area (Å²) in [5, 5.41) is 9.43. The second kappa shape index (κ2) is 3.89. The van der Waals surface area contributed by atoms with Crippen LogP contribution in [0.4, 0.5) is 0 Å². The molecule has 90 valence electrons. The van der Waals surface area contributed by atoms with Crippen LogP contribution in [0.2, 0.25) is 0 Å². The second-order valence-corrected chi connectivity index (χ2v) is 5.72. The Morgan fingerprint density at radius 2 is 1.82 bits per heavy atom. The largest absolute Gasteiger partial charge is 0.502 e. The summed E-state index contributed by atoms with van der Waals surface area (Å²) in [6.07, 6.45) is 1.11. The van der Waals surface area contributed by atoms with Crippen molar-refractivity contribution >= 4 is 21.4 Å². The number of rotatable bonds is 2. The van der Waals surface area contributed by atoms with Crippen molar-refractivity contribution in [2.45, 2.75) is 4.90 Å². The van der Waals surface area contributed by atoms with Crippen molar-refractivity contribution < 1.29 is 23.1 Å². The van der Waals surface area contributed by atoms with Crippen molar-refractivity contribution in [3.63, 3.8) is 0 Å².